The predicted octanol–water partition coefficient (Wildman–Crippen LogP) is 3.30. The first kappa shape index (κ1) is 10.9. The molecule has 82 valence electrons. The number of rotatable bonds is 3. The highest BCUT2D eigenvalue weighted by Crippen LogP contribution is 2.20. The Morgan fingerprint density at radius 3 is 2.31 bits per heavy atom. The summed E-state index contributed by atoms with van der Waals surface area (Å²) in [7, 11) is 0. The average Bonchev–Trinajstić information content (AvgIpc) is 2.39. The fourth-order valence-corrected chi connectivity index (χ4v) is 1.86. The van der Waals surface area contributed by atoms with Crippen LogP contribution >= 0.6 is 0 Å². The van der Waals surface area contributed by atoms with Crippen molar-refractivity contribution < 1.29 is 0 Å². The minimum absolute atomic E-state index is 0.0206. The largest absolute Gasteiger partial charge is 0.320 e. The van der Waals surface area contributed by atoms with Crippen LogP contribution in [0.25, 0.3) is 0 Å². The van der Waals surface area contributed by atoms with Crippen LogP contribution in [0.4, 0.5) is 0 Å². The standard InChI is InChI=1S/C15H17N/c1-2-12-7-6-10-14(11-12)15(16)13-8-4-3-5-9-13/h3-11,15H,2,16H2,1H3. The summed E-state index contributed by atoms with van der Waals surface area (Å²) in [5.41, 5.74) is 9.93. The quantitative estimate of drug-likeness (QED) is 0.828. The lowest BCUT2D eigenvalue weighted by Crippen LogP contribution is -2.11. The van der Waals surface area contributed by atoms with E-state index in [0.717, 1.165) is 12.0 Å². The summed E-state index contributed by atoms with van der Waals surface area (Å²) in [5.74, 6) is 0. The Balaban J connectivity index is 2.30. The number of hydrogen-bond donors (Lipinski definition) is 1. The maximum atomic E-state index is 6.24. The van der Waals surface area contributed by atoms with E-state index in [4.69, 9.17) is 5.73 Å². The number of aryl methyl sites for hydroxylation is 1. The molecule has 0 heterocycles. The molecular weight excluding hydrogens is 194 g/mol. The summed E-state index contributed by atoms with van der Waals surface area (Å²) < 4.78 is 0. The van der Waals surface area contributed by atoms with E-state index >= 15 is 0 Å². The Morgan fingerprint density at radius 1 is 0.938 bits per heavy atom. The van der Waals surface area contributed by atoms with E-state index in [2.05, 4.69) is 43.3 Å². The van der Waals surface area contributed by atoms with Gasteiger partial charge >= 0.3 is 0 Å². The van der Waals surface area contributed by atoms with Crippen LogP contribution in [0.15, 0.2) is 54.6 Å². The zero-order valence-corrected chi connectivity index (χ0v) is 9.56. The summed E-state index contributed by atoms with van der Waals surface area (Å²) in [5, 5.41) is 0. The molecule has 0 amide bonds. The van der Waals surface area contributed by atoms with Crippen molar-refractivity contribution in [3.8, 4) is 0 Å². The molecular formula is C15H17N. The molecule has 0 aromatic heterocycles. The molecule has 1 unspecified atom stereocenters. The van der Waals surface area contributed by atoms with E-state index in [1.807, 2.05) is 18.2 Å². The zero-order chi connectivity index (χ0) is 11.4. The predicted molar refractivity (Wildman–Crippen MR) is 68.3 cm³/mol. The zero-order valence-electron chi connectivity index (χ0n) is 9.56. The molecule has 2 N–H and O–H groups in total. The van der Waals surface area contributed by atoms with Gasteiger partial charge in [-0.25, -0.2) is 0 Å². The minimum atomic E-state index is -0.0206. The molecule has 0 bridgehead atoms. The third-order valence-electron chi connectivity index (χ3n) is 2.88. The third kappa shape index (κ3) is 2.31. The summed E-state index contributed by atoms with van der Waals surface area (Å²) in [4.78, 5) is 0. The van der Waals surface area contributed by atoms with Gasteiger partial charge in [-0.3, -0.25) is 0 Å². The fraction of sp³-hybridized carbons (Fsp3) is 0.200. The Labute approximate surface area is 96.9 Å². The first-order valence-corrected chi connectivity index (χ1v) is 5.70. The number of nitrogens with two attached hydrogens (primary N) is 1. The first-order valence-electron chi connectivity index (χ1n) is 5.70. The van der Waals surface area contributed by atoms with Crippen molar-refractivity contribution in [2.24, 2.45) is 5.73 Å². The van der Waals surface area contributed by atoms with Crippen LogP contribution in [0.1, 0.15) is 29.7 Å². The molecule has 0 radical (unpaired) electrons. The van der Waals surface area contributed by atoms with Crippen LogP contribution in [0.3, 0.4) is 0 Å². The maximum absolute atomic E-state index is 6.24. The summed E-state index contributed by atoms with van der Waals surface area (Å²) in [6.45, 7) is 2.16. The van der Waals surface area contributed by atoms with Crippen LogP contribution in [0.5, 0.6) is 0 Å². The van der Waals surface area contributed by atoms with Gasteiger partial charge in [0.05, 0.1) is 6.04 Å². The van der Waals surface area contributed by atoms with Gasteiger partial charge in [0.25, 0.3) is 0 Å². The van der Waals surface area contributed by atoms with E-state index in [-0.39, 0.29) is 6.04 Å². The second-order valence-electron chi connectivity index (χ2n) is 3.99. The van der Waals surface area contributed by atoms with Crippen LogP contribution < -0.4 is 5.73 Å². The number of hydrogen-bond acceptors (Lipinski definition) is 1. The molecule has 0 spiro atoms. The highest BCUT2D eigenvalue weighted by molar-refractivity contribution is 5.33. The molecule has 0 aliphatic carbocycles. The van der Waals surface area contributed by atoms with Crippen molar-refractivity contribution >= 4 is 0 Å². The highest BCUT2D eigenvalue weighted by Gasteiger charge is 2.07. The molecule has 0 aliphatic rings. The second-order valence-corrected chi connectivity index (χ2v) is 3.99. The van der Waals surface area contributed by atoms with Crippen molar-refractivity contribution in [2.75, 3.05) is 0 Å². The molecule has 16 heavy (non-hydrogen) atoms. The summed E-state index contributed by atoms with van der Waals surface area (Å²) >= 11 is 0. The van der Waals surface area contributed by atoms with E-state index in [0.29, 0.717) is 0 Å². The van der Waals surface area contributed by atoms with Gasteiger partial charge in [0.1, 0.15) is 0 Å². The van der Waals surface area contributed by atoms with E-state index < -0.39 is 0 Å². The normalized spacial score (nSPS) is 12.4. The second kappa shape index (κ2) is 4.95. The minimum Gasteiger partial charge on any atom is -0.320 e. The third-order valence-corrected chi connectivity index (χ3v) is 2.88. The molecule has 2 rings (SSSR count). The monoisotopic (exact) mass is 211 g/mol. The molecule has 0 fully saturated rings. The molecule has 2 aromatic rings. The summed E-state index contributed by atoms with van der Waals surface area (Å²) in [6.07, 6.45) is 1.05. The van der Waals surface area contributed by atoms with E-state index in [1.165, 1.54) is 11.1 Å². The van der Waals surface area contributed by atoms with Crippen molar-refractivity contribution in [2.45, 2.75) is 19.4 Å². The highest BCUT2D eigenvalue weighted by atomic mass is 14.6. The topological polar surface area (TPSA) is 26.0 Å². The SMILES string of the molecule is CCc1cccc(C(N)c2ccccc2)c1. The molecule has 2 aromatic carbocycles. The molecule has 1 nitrogen and oxygen atoms in total. The van der Waals surface area contributed by atoms with Crippen molar-refractivity contribution in [3.63, 3.8) is 0 Å². The summed E-state index contributed by atoms with van der Waals surface area (Å²) in [6, 6.07) is 18.7. The smallest absolute Gasteiger partial charge is 0.0551 e. The molecule has 0 saturated carbocycles. The molecule has 0 aliphatic heterocycles. The Bertz CT molecular complexity index is 448. The van der Waals surface area contributed by atoms with E-state index in [1.54, 1.807) is 0 Å². The van der Waals surface area contributed by atoms with Gasteiger partial charge in [-0.2, -0.15) is 0 Å². The molecule has 0 saturated heterocycles. The van der Waals surface area contributed by atoms with Crippen LogP contribution in [0.2, 0.25) is 0 Å². The van der Waals surface area contributed by atoms with Gasteiger partial charge in [0, 0.05) is 0 Å². The molecule has 1 atom stereocenters. The lowest BCUT2D eigenvalue weighted by Gasteiger charge is -2.13. The Hall–Kier alpha value is -1.60. The van der Waals surface area contributed by atoms with Crippen molar-refractivity contribution in [1.82, 2.24) is 0 Å². The van der Waals surface area contributed by atoms with Gasteiger partial charge in [-0.1, -0.05) is 61.5 Å². The van der Waals surface area contributed by atoms with Crippen LogP contribution in [0, 0.1) is 0 Å². The fourth-order valence-electron chi connectivity index (χ4n) is 1.86. The van der Waals surface area contributed by atoms with Gasteiger partial charge in [-0.05, 0) is 23.1 Å². The van der Waals surface area contributed by atoms with Crippen molar-refractivity contribution in [3.05, 3.63) is 71.3 Å². The maximum Gasteiger partial charge on any atom is 0.0551 e. The Kier molecular flexibility index (Phi) is 3.37. The van der Waals surface area contributed by atoms with Crippen LogP contribution in [-0.4, -0.2) is 0 Å². The first-order chi connectivity index (χ1) is 7.81. The Morgan fingerprint density at radius 2 is 1.62 bits per heavy atom. The van der Waals surface area contributed by atoms with Gasteiger partial charge in [-0.15, -0.1) is 0 Å². The number of benzene rings is 2. The van der Waals surface area contributed by atoms with Crippen molar-refractivity contribution in [1.29, 1.82) is 0 Å². The van der Waals surface area contributed by atoms with Gasteiger partial charge < -0.3 is 5.73 Å². The van der Waals surface area contributed by atoms with Crippen LogP contribution in [-0.2, 0) is 6.42 Å². The lowest BCUT2D eigenvalue weighted by atomic mass is 9.97. The van der Waals surface area contributed by atoms with Gasteiger partial charge in [0.15, 0.2) is 0 Å². The molecule has 1 heteroatoms. The van der Waals surface area contributed by atoms with E-state index in [9.17, 15) is 0 Å². The lowest BCUT2D eigenvalue weighted by molar-refractivity contribution is 0.867. The van der Waals surface area contributed by atoms with Gasteiger partial charge in [0.2, 0.25) is 0 Å². The average molecular weight is 211 g/mol.